The second kappa shape index (κ2) is 7.13. The number of nitrogens with zero attached hydrogens (tertiary/aromatic N) is 2. The van der Waals surface area contributed by atoms with Crippen molar-refractivity contribution in [3.05, 3.63) is 70.0 Å². The molecule has 152 valence electrons. The number of aromatic nitrogens is 1. The summed E-state index contributed by atoms with van der Waals surface area (Å²) in [6.45, 7) is 0. The first-order chi connectivity index (χ1) is 13.5. The number of urea groups is 1. The van der Waals surface area contributed by atoms with Crippen LogP contribution in [0.4, 0.5) is 23.7 Å². The second-order valence-electron chi connectivity index (χ2n) is 6.25. The minimum atomic E-state index is -5.40. The van der Waals surface area contributed by atoms with Gasteiger partial charge in [-0.2, -0.15) is 13.2 Å². The van der Waals surface area contributed by atoms with Crippen molar-refractivity contribution in [1.29, 1.82) is 0 Å². The largest absolute Gasteiger partial charge is 0.437 e. The molecule has 29 heavy (non-hydrogen) atoms. The fourth-order valence-electron chi connectivity index (χ4n) is 3.09. The highest BCUT2D eigenvalue weighted by Gasteiger charge is 2.66. The number of nitrogens with one attached hydrogen (secondary N) is 2. The van der Waals surface area contributed by atoms with Crippen LogP contribution in [0.2, 0.25) is 0 Å². The van der Waals surface area contributed by atoms with Gasteiger partial charge >= 0.3 is 12.2 Å². The predicted octanol–water partition coefficient (Wildman–Crippen LogP) is 2.09. The Morgan fingerprint density at radius 1 is 1.21 bits per heavy atom. The van der Waals surface area contributed by atoms with Crippen LogP contribution < -0.4 is 10.6 Å². The summed E-state index contributed by atoms with van der Waals surface area (Å²) in [7, 11) is 0. The van der Waals surface area contributed by atoms with Gasteiger partial charge in [0.2, 0.25) is 5.72 Å². The van der Waals surface area contributed by atoms with Crippen molar-refractivity contribution in [2.75, 3.05) is 0 Å². The molecule has 2 aromatic rings. The standard InChI is InChI=1S/C17H13F3N4O5/c18-17(19,20)16(27)12(14(25)11-3-1-2-8-21-11)13(22-15(26)23-16)9-4-6-10(7-5-9)24(28)29/h1-8,12-13,27H,(H2,22,23,26). The number of hydrogen-bond donors (Lipinski definition) is 3. The van der Waals surface area contributed by atoms with Crippen LogP contribution in [0.3, 0.4) is 0 Å². The third-order valence-corrected chi connectivity index (χ3v) is 4.47. The van der Waals surface area contributed by atoms with Gasteiger partial charge in [-0.05, 0) is 17.7 Å². The van der Waals surface area contributed by atoms with Gasteiger partial charge in [-0.15, -0.1) is 0 Å². The normalized spacial score (nSPS) is 24.3. The number of nitro benzene ring substituents is 1. The number of alkyl halides is 3. The Bertz CT molecular complexity index is 952. The highest BCUT2D eigenvalue weighted by molar-refractivity contribution is 5.99. The maximum absolute atomic E-state index is 13.7. The summed E-state index contributed by atoms with van der Waals surface area (Å²) >= 11 is 0. The molecule has 2 amide bonds. The smallest absolute Gasteiger partial charge is 0.363 e. The lowest BCUT2D eigenvalue weighted by atomic mass is 9.78. The first kappa shape index (κ1) is 20.2. The maximum Gasteiger partial charge on any atom is 0.437 e. The van der Waals surface area contributed by atoms with E-state index in [2.05, 4.69) is 10.3 Å². The van der Waals surface area contributed by atoms with Crippen LogP contribution >= 0.6 is 0 Å². The molecular formula is C17H13F3N4O5. The highest BCUT2D eigenvalue weighted by atomic mass is 19.4. The topological polar surface area (TPSA) is 134 Å². The van der Waals surface area contributed by atoms with E-state index in [9.17, 15) is 38.0 Å². The number of pyridine rings is 1. The Balaban J connectivity index is 2.14. The number of amides is 2. The molecular weight excluding hydrogens is 397 g/mol. The zero-order valence-electron chi connectivity index (χ0n) is 14.4. The number of aliphatic hydroxyl groups is 1. The number of halogens is 3. The first-order valence-corrected chi connectivity index (χ1v) is 8.12. The summed E-state index contributed by atoms with van der Waals surface area (Å²) in [6.07, 6.45) is -4.21. The van der Waals surface area contributed by atoms with E-state index in [4.69, 9.17) is 0 Å². The molecule has 3 atom stereocenters. The molecule has 9 nitrogen and oxygen atoms in total. The van der Waals surface area contributed by atoms with Crippen molar-refractivity contribution in [1.82, 2.24) is 15.6 Å². The maximum atomic E-state index is 13.7. The van der Waals surface area contributed by atoms with E-state index < -0.39 is 40.6 Å². The molecule has 3 rings (SSSR count). The van der Waals surface area contributed by atoms with Gasteiger partial charge in [-0.25, -0.2) is 4.79 Å². The molecule has 0 spiro atoms. The van der Waals surface area contributed by atoms with Crippen molar-refractivity contribution >= 4 is 17.5 Å². The van der Waals surface area contributed by atoms with Gasteiger partial charge in [0.1, 0.15) is 11.6 Å². The third-order valence-electron chi connectivity index (χ3n) is 4.47. The molecule has 0 bridgehead atoms. The summed E-state index contributed by atoms with van der Waals surface area (Å²) < 4.78 is 41.2. The fourth-order valence-corrected chi connectivity index (χ4v) is 3.09. The Morgan fingerprint density at radius 3 is 2.38 bits per heavy atom. The van der Waals surface area contributed by atoms with Crippen molar-refractivity contribution < 1.29 is 32.8 Å². The van der Waals surface area contributed by atoms with E-state index in [1.165, 1.54) is 29.7 Å². The van der Waals surface area contributed by atoms with Gasteiger partial charge in [0.15, 0.2) is 5.78 Å². The van der Waals surface area contributed by atoms with Gasteiger partial charge in [-0.1, -0.05) is 18.2 Å². The fraction of sp³-hybridized carbons (Fsp3) is 0.235. The number of Topliss-reactive ketones (excluding diaryl/α,β-unsaturated/α-hetero) is 1. The van der Waals surface area contributed by atoms with Gasteiger partial charge in [0.25, 0.3) is 5.69 Å². The minimum absolute atomic E-state index is 0.0394. The van der Waals surface area contributed by atoms with Gasteiger partial charge in [0.05, 0.1) is 11.0 Å². The molecule has 1 aliphatic rings. The Kier molecular flexibility index (Phi) is 4.96. The lowest BCUT2D eigenvalue weighted by molar-refractivity contribution is -0.384. The van der Waals surface area contributed by atoms with Crippen molar-refractivity contribution in [2.45, 2.75) is 17.9 Å². The molecule has 3 unspecified atom stereocenters. The van der Waals surface area contributed by atoms with Crippen LogP contribution in [0, 0.1) is 16.0 Å². The van der Waals surface area contributed by atoms with Crippen molar-refractivity contribution in [2.24, 2.45) is 5.92 Å². The summed E-state index contributed by atoms with van der Waals surface area (Å²) in [5.74, 6) is -3.43. The van der Waals surface area contributed by atoms with E-state index in [0.717, 1.165) is 24.3 Å². The summed E-state index contributed by atoms with van der Waals surface area (Å²) in [6, 6.07) is 5.22. The highest BCUT2D eigenvalue weighted by Crippen LogP contribution is 2.43. The summed E-state index contributed by atoms with van der Waals surface area (Å²) in [5, 5.41) is 24.8. The molecule has 0 saturated carbocycles. The van der Waals surface area contributed by atoms with Crippen LogP contribution in [0.1, 0.15) is 22.1 Å². The van der Waals surface area contributed by atoms with E-state index >= 15 is 0 Å². The van der Waals surface area contributed by atoms with Crippen LogP contribution in [0.15, 0.2) is 48.7 Å². The molecule has 0 radical (unpaired) electrons. The number of non-ortho nitro benzene ring substituents is 1. The van der Waals surface area contributed by atoms with E-state index in [1.54, 1.807) is 0 Å². The third kappa shape index (κ3) is 3.61. The summed E-state index contributed by atoms with van der Waals surface area (Å²) in [4.78, 5) is 38.6. The molecule has 1 fully saturated rings. The number of rotatable bonds is 4. The molecule has 1 saturated heterocycles. The number of hydrogen-bond acceptors (Lipinski definition) is 6. The van der Waals surface area contributed by atoms with Gasteiger partial charge in [0, 0.05) is 18.3 Å². The monoisotopic (exact) mass is 410 g/mol. The molecule has 2 heterocycles. The Hall–Kier alpha value is -3.54. The number of nitro groups is 1. The zero-order chi connectivity index (χ0) is 21.4. The Labute approximate surface area is 160 Å². The second-order valence-corrected chi connectivity index (χ2v) is 6.25. The van der Waals surface area contributed by atoms with Crippen molar-refractivity contribution in [3.63, 3.8) is 0 Å². The van der Waals surface area contributed by atoms with Crippen LogP contribution in [-0.4, -0.2) is 38.7 Å². The van der Waals surface area contributed by atoms with E-state index in [0.29, 0.717) is 0 Å². The number of carbonyl (C=O) groups is 2. The van der Waals surface area contributed by atoms with Gasteiger partial charge < -0.3 is 15.7 Å². The van der Waals surface area contributed by atoms with Crippen molar-refractivity contribution in [3.8, 4) is 0 Å². The van der Waals surface area contributed by atoms with E-state index in [-0.39, 0.29) is 16.9 Å². The number of ketones is 1. The quantitative estimate of drug-likeness (QED) is 0.401. The predicted molar refractivity (Wildman–Crippen MR) is 90.6 cm³/mol. The van der Waals surface area contributed by atoms with Crippen LogP contribution in [0.25, 0.3) is 0 Å². The molecule has 3 N–H and O–H groups in total. The molecule has 12 heteroatoms. The number of benzene rings is 1. The van der Waals surface area contributed by atoms with E-state index in [1.807, 2.05) is 0 Å². The van der Waals surface area contributed by atoms with Crippen LogP contribution in [0.5, 0.6) is 0 Å². The Morgan fingerprint density at radius 2 is 1.86 bits per heavy atom. The zero-order valence-corrected chi connectivity index (χ0v) is 14.4. The van der Waals surface area contributed by atoms with Gasteiger partial charge in [-0.3, -0.25) is 19.9 Å². The summed E-state index contributed by atoms with van der Waals surface area (Å²) in [5.41, 5.74) is -4.63. The lowest BCUT2D eigenvalue weighted by Gasteiger charge is -2.44. The van der Waals surface area contributed by atoms with Crippen LogP contribution in [-0.2, 0) is 0 Å². The molecule has 1 aromatic carbocycles. The first-order valence-electron chi connectivity index (χ1n) is 8.12. The SMILES string of the molecule is O=C1NC(c2ccc([N+](=O)[O-])cc2)C(C(=O)c2ccccn2)C(O)(C(F)(F)F)N1. The average molecular weight is 410 g/mol. The number of carbonyl (C=O) groups excluding carboxylic acids is 2. The minimum Gasteiger partial charge on any atom is -0.363 e. The molecule has 1 aromatic heterocycles. The molecule has 1 aliphatic heterocycles. The average Bonchev–Trinajstić information content (AvgIpc) is 2.67. The molecule has 0 aliphatic carbocycles. The lowest BCUT2D eigenvalue weighted by Crippen LogP contribution is -2.72.